The molecule has 0 amide bonds. The van der Waals surface area contributed by atoms with Crippen molar-refractivity contribution in [2.75, 3.05) is 19.8 Å². The Morgan fingerprint density at radius 3 is 2.70 bits per heavy atom. The van der Waals surface area contributed by atoms with Crippen molar-refractivity contribution in [1.82, 2.24) is 4.90 Å². The Balaban J connectivity index is 2.58. The zero-order valence-corrected chi connectivity index (χ0v) is 6.29. The topological polar surface area (TPSA) is 42.4 Å². The molecule has 3 nitrogen and oxygen atoms in total. The van der Waals surface area contributed by atoms with Crippen LogP contribution in [-0.2, 0) is 6.54 Å². The lowest BCUT2D eigenvalue weighted by molar-refractivity contribution is 0.350. The van der Waals surface area contributed by atoms with E-state index >= 15 is 0 Å². The predicted molar refractivity (Wildman–Crippen MR) is 40.5 cm³/mol. The highest BCUT2D eigenvalue weighted by Crippen LogP contribution is 2.09. The second-order valence-electron chi connectivity index (χ2n) is 2.58. The molecule has 0 bridgehead atoms. The van der Waals surface area contributed by atoms with Crippen molar-refractivity contribution in [3.63, 3.8) is 0 Å². The first-order valence-corrected chi connectivity index (χ1v) is 3.16. The van der Waals surface area contributed by atoms with Gasteiger partial charge in [0.15, 0.2) is 0 Å². The third kappa shape index (κ3) is 1.77. The first-order valence-electron chi connectivity index (χ1n) is 3.16. The number of anilines is 1. The average molecular weight is 140 g/mol. The van der Waals surface area contributed by atoms with E-state index in [1.165, 1.54) is 0 Å². The van der Waals surface area contributed by atoms with E-state index in [0.717, 1.165) is 12.3 Å². The van der Waals surface area contributed by atoms with Crippen LogP contribution in [0.1, 0.15) is 5.76 Å². The fraction of sp³-hybridized carbons (Fsp3) is 0.429. The zero-order chi connectivity index (χ0) is 7.56. The van der Waals surface area contributed by atoms with Gasteiger partial charge in [0, 0.05) is 6.07 Å². The van der Waals surface area contributed by atoms with Gasteiger partial charge in [0.05, 0.1) is 12.2 Å². The molecule has 10 heavy (non-hydrogen) atoms. The van der Waals surface area contributed by atoms with Crippen molar-refractivity contribution in [2.45, 2.75) is 6.54 Å². The van der Waals surface area contributed by atoms with E-state index in [2.05, 4.69) is 0 Å². The van der Waals surface area contributed by atoms with Gasteiger partial charge < -0.3 is 15.1 Å². The monoisotopic (exact) mass is 140 g/mol. The smallest absolute Gasteiger partial charge is 0.119 e. The lowest BCUT2D eigenvalue weighted by atomic mass is 10.4. The molecule has 1 aromatic rings. The molecule has 0 radical (unpaired) electrons. The molecule has 0 aromatic carbocycles. The van der Waals surface area contributed by atoms with Crippen LogP contribution < -0.4 is 5.73 Å². The van der Waals surface area contributed by atoms with Crippen LogP contribution in [0.5, 0.6) is 0 Å². The lowest BCUT2D eigenvalue weighted by Gasteiger charge is -2.04. The Kier molecular flexibility index (Phi) is 1.97. The quantitative estimate of drug-likeness (QED) is 0.664. The minimum absolute atomic E-state index is 0.692. The third-order valence-corrected chi connectivity index (χ3v) is 1.15. The van der Waals surface area contributed by atoms with E-state index in [9.17, 15) is 0 Å². The van der Waals surface area contributed by atoms with Gasteiger partial charge in [-0.25, -0.2) is 0 Å². The maximum absolute atomic E-state index is 5.44. The molecule has 2 N–H and O–H groups in total. The molecule has 0 fully saturated rings. The molecule has 56 valence electrons. The molecule has 0 unspecified atom stereocenters. The van der Waals surface area contributed by atoms with Gasteiger partial charge in [0.2, 0.25) is 0 Å². The molecule has 0 aliphatic rings. The van der Waals surface area contributed by atoms with Crippen LogP contribution in [0.4, 0.5) is 5.69 Å². The number of nitrogen functional groups attached to an aromatic ring is 1. The number of nitrogens with zero attached hydrogens (tertiary/aromatic N) is 1. The normalized spacial score (nSPS) is 10.7. The molecule has 1 rings (SSSR count). The van der Waals surface area contributed by atoms with Crippen LogP contribution in [-0.4, -0.2) is 19.0 Å². The summed E-state index contributed by atoms with van der Waals surface area (Å²) in [4.78, 5) is 2.03. The molecule has 0 saturated heterocycles. The lowest BCUT2D eigenvalue weighted by Crippen LogP contribution is -2.09. The summed E-state index contributed by atoms with van der Waals surface area (Å²) in [6.07, 6.45) is 1.55. The maximum Gasteiger partial charge on any atom is 0.119 e. The Labute approximate surface area is 60.4 Å². The van der Waals surface area contributed by atoms with Gasteiger partial charge in [0.1, 0.15) is 12.0 Å². The predicted octanol–water partition coefficient (Wildman–Crippen LogP) is 0.923. The summed E-state index contributed by atoms with van der Waals surface area (Å²) in [5.41, 5.74) is 6.13. The summed E-state index contributed by atoms with van der Waals surface area (Å²) in [6, 6.07) is 1.83. The van der Waals surface area contributed by atoms with Crippen LogP contribution in [0.3, 0.4) is 0 Å². The van der Waals surface area contributed by atoms with Gasteiger partial charge >= 0.3 is 0 Å². The van der Waals surface area contributed by atoms with Crippen molar-refractivity contribution in [2.24, 2.45) is 0 Å². The van der Waals surface area contributed by atoms with Gasteiger partial charge in [-0.3, -0.25) is 0 Å². The van der Waals surface area contributed by atoms with Gasteiger partial charge in [0.25, 0.3) is 0 Å². The minimum Gasteiger partial charge on any atom is -0.466 e. The van der Waals surface area contributed by atoms with E-state index in [-0.39, 0.29) is 0 Å². The van der Waals surface area contributed by atoms with Crippen molar-refractivity contribution in [1.29, 1.82) is 0 Å². The summed E-state index contributed by atoms with van der Waals surface area (Å²) in [7, 11) is 3.97. The molecule has 0 aliphatic carbocycles. The van der Waals surface area contributed by atoms with Gasteiger partial charge in [-0.05, 0) is 14.1 Å². The Morgan fingerprint density at radius 2 is 2.30 bits per heavy atom. The molecular formula is C7H12N2O. The number of rotatable bonds is 2. The molecule has 0 spiro atoms. The zero-order valence-electron chi connectivity index (χ0n) is 6.29. The third-order valence-electron chi connectivity index (χ3n) is 1.15. The van der Waals surface area contributed by atoms with Crippen molar-refractivity contribution in [3.8, 4) is 0 Å². The number of hydrogen-bond acceptors (Lipinski definition) is 3. The van der Waals surface area contributed by atoms with Crippen molar-refractivity contribution < 1.29 is 4.42 Å². The summed E-state index contributed by atoms with van der Waals surface area (Å²) in [5.74, 6) is 0.905. The molecular weight excluding hydrogens is 128 g/mol. The summed E-state index contributed by atoms with van der Waals surface area (Å²) in [6.45, 7) is 0.803. The molecule has 3 heteroatoms. The first-order chi connectivity index (χ1) is 4.68. The van der Waals surface area contributed by atoms with Gasteiger partial charge in [-0.15, -0.1) is 0 Å². The van der Waals surface area contributed by atoms with E-state index in [4.69, 9.17) is 10.2 Å². The highest BCUT2D eigenvalue weighted by atomic mass is 16.3. The fourth-order valence-corrected chi connectivity index (χ4v) is 0.792. The minimum atomic E-state index is 0.692. The van der Waals surface area contributed by atoms with E-state index in [1.807, 2.05) is 25.1 Å². The average Bonchev–Trinajstić information content (AvgIpc) is 2.13. The van der Waals surface area contributed by atoms with E-state index < -0.39 is 0 Å². The second kappa shape index (κ2) is 2.75. The molecule has 1 aromatic heterocycles. The SMILES string of the molecule is CN(C)Cc1cc(N)co1. The molecule has 0 atom stereocenters. The number of furan rings is 1. The standard InChI is InChI=1S/C7H12N2O/c1-9(2)4-7-3-6(8)5-10-7/h3,5H,4,8H2,1-2H3. The van der Waals surface area contributed by atoms with Crippen LogP contribution in [0.15, 0.2) is 16.7 Å². The van der Waals surface area contributed by atoms with Crippen molar-refractivity contribution in [3.05, 3.63) is 18.1 Å². The Bertz CT molecular complexity index is 205. The summed E-state index contributed by atoms with van der Waals surface area (Å²) < 4.78 is 5.11. The van der Waals surface area contributed by atoms with Crippen LogP contribution in [0, 0.1) is 0 Å². The van der Waals surface area contributed by atoms with Crippen LogP contribution >= 0.6 is 0 Å². The molecule has 0 saturated carbocycles. The number of hydrogen-bond donors (Lipinski definition) is 1. The molecule has 0 aliphatic heterocycles. The summed E-state index contributed by atoms with van der Waals surface area (Å²) in [5, 5.41) is 0. The van der Waals surface area contributed by atoms with E-state index in [1.54, 1.807) is 6.26 Å². The fourth-order valence-electron chi connectivity index (χ4n) is 0.792. The van der Waals surface area contributed by atoms with Gasteiger partial charge in [-0.1, -0.05) is 0 Å². The Hall–Kier alpha value is -0.960. The first kappa shape index (κ1) is 7.15. The Morgan fingerprint density at radius 1 is 1.60 bits per heavy atom. The largest absolute Gasteiger partial charge is 0.466 e. The maximum atomic E-state index is 5.44. The highest BCUT2D eigenvalue weighted by Gasteiger charge is 1.98. The summed E-state index contributed by atoms with van der Waals surface area (Å²) >= 11 is 0. The van der Waals surface area contributed by atoms with Crippen LogP contribution in [0.2, 0.25) is 0 Å². The highest BCUT2D eigenvalue weighted by molar-refractivity contribution is 5.34. The van der Waals surface area contributed by atoms with Gasteiger partial charge in [-0.2, -0.15) is 0 Å². The molecule has 1 heterocycles. The van der Waals surface area contributed by atoms with Crippen molar-refractivity contribution >= 4 is 5.69 Å². The van der Waals surface area contributed by atoms with E-state index in [0.29, 0.717) is 5.69 Å². The van der Waals surface area contributed by atoms with Crippen LogP contribution in [0.25, 0.3) is 0 Å². The second-order valence-corrected chi connectivity index (χ2v) is 2.58. The number of nitrogens with two attached hydrogens (primary N) is 1.